The fourth-order valence-electron chi connectivity index (χ4n) is 1.65. The number of benzene rings is 1. The molecular formula is C13H12ClF2NOS. The first-order valence-corrected chi connectivity index (χ1v) is 6.81. The Labute approximate surface area is 119 Å². The van der Waals surface area contributed by atoms with Crippen LogP contribution in [0.1, 0.15) is 17.8 Å². The van der Waals surface area contributed by atoms with Crippen molar-refractivity contribution in [3.63, 3.8) is 0 Å². The summed E-state index contributed by atoms with van der Waals surface area (Å²) in [5, 5.41) is 3.14. The molecule has 0 bridgehead atoms. The van der Waals surface area contributed by atoms with Crippen LogP contribution in [0.25, 0.3) is 0 Å². The molecule has 0 aliphatic heterocycles. The molecule has 1 aromatic carbocycles. The summed E-state index contributed by atoms with van der Waals surface area (Å²) in [7, 11) is 0. The normalized spacial score (nSPS) is 12.5. The van der Waals surface area contributed by atoms with Gasteiger partial charge >= 0.3 is 6.61 Å². The van der Waals surface area contributed by atoms with Crippen molar-refractivity contribution in [1.82, 2.24) is 0 Å². The first kappa shape index (κ1) is 14.1. The van der Waals surface area contributed by atoms with Crippen molar-refractivity contribution >= 4 is 28.6 Å². The van der Waals surface area contributed by atoms with Gasteiger partial charge in [-0.3, -0.25) is 0 Å². The number of halogens is 3. The van der Waals surface area contributed by atoms with Gasteiger partial charge in [-0.05, 0) is 31.2 Å². The Kier molecular flexibility index (Phi) is 4.61. The van der Waals surface area contributed by atoms with Crippen LogP contribution in [0.4, 0.5) is 14.5 Å². The van der Waals surface area contributed by atoms with Crippen LogP contribution in [0.2, 0.25) is 4.34 Å². The van der Waals surface area contributed by atoms with Crippen molar-refractivity contribution in [3.8, 4) is 5.75 Å². The van der Waals surface area contributed by atoms with E-state index in [1.165, 1.54) is 17.4 Å². The summed E-state index contributed by atoms with van der Waals surface area (Å²) >= 11 is 7.32. The number of nitrogens with one attached hydrogen (secondary N) is 1. The maximum atomic E-state index is 12.3. The van der Waals surface area contributed by atoms with Crippen LogP contribution >= 0.6 is 22.9 Å². The van der Waals surface area contributed by atoms with Crippen LogP contribution in [-0.4, -0.2) is 6.61 Å². The third-order valence-corrected chi connectivity index (χ3v) is 3.91. The molecule has 0 radical (unpaired) electrons. The van der Waals surface area contributed by atoms with E-state index in [1.54, 1.807) is 24.3 Å². The quantitative estimate of drug-likeness (QED) is 0.822. The minimum absolute atomic E-state index is 0.0417. The molecule has 102 valence electrons. The molecule has 2 rings (SSSR count). The fourth-order valence-corrected chi connectivity index (χ4v) is 2.71. The van der Waals surface area contributed by atoms with Gasteiger partial charge in [0.05, 0.1) is 16.1 Å². The monoisotopic (exact) mass is 303 g/mol. The summed E-state index contributed by atoms with van der Waals surface area (Å²) in [6, 6.07) is 10.3. The molecule has 0 saturated carbocycles. The average Bonchev–Trinajstić information content (AvgIpc) is 2.78. The highest BCUT2D eigenvalue weighted by Crippen LogP contribution is 2.32. The third kappa shape index (κ3) is 3.81. The van der Waals surface area contributed by atoms with Crippen molar-refractivity contribution in [2.45, 2.75) is 19.6 Å². The smallest absolute Gasteiger partial charge is 0.387 e. The highest BCUT2D eigenvalue weighted by atomic mass is 35.5. The molecule has 0 saturated heterocycles. The Balaban J connectivity index is 2.14. The molecule has 1 atom stereocenters. The average molecular weight is 304 g/mol. The van der Waals surface area contributed by atoms with E-state index in [4.69, 9.17) is 11.6 Å². The van der Waals surface area contributed by atoms with Gasteiger partial charge in [-0.25, -0.2) is 0 Å². The zero-order valence-electron chi connectivity index (χ0n) is 10.1. The lowest BCUT2D eigenvalue weighted by Crippen LogP contribution is -2.09. The van der Waals surface area contributed by atoms with Crippen molar-refractivity contribution in [1.29, 1.82) is 0 Å². The molecule has 2 nitrogen and oxygen atoms in total. The van der Waals surface area contributed by atoms with E-state index in [2.05, 4.69) is 10.1 Å². The number of thiophene rings is 1. The molecule has 19 heavy (non-hydrogen) atoms. The topological polar surface area (TPSA) is 21.3 Å². The first-order chi connectivity index (χ1) is 9.06. The predicted octanol–water partition coefficient (Wildman–Crippen LogP) is 5.18. The number of ether oxygens (including phenoxy) is 1. The van der Waals surface area contributed by atoms with Crippen molar-refractivity contribution < 1.29 is 13.5 Å². The third-order valence-electron chi connectivity index (χ3n) is 2.50. The van der Waals surface area contributed by atoms with Gasteiger partial charge in [-0.1, -0.05) is 23.7 Å². The molecule has 1 heterocycles. The number of para-hydroxylation sites is 2. The van der Waals surface area contributed by atoms with Gasteiger partial charge in [0.15, 0.2) is 0 Å². The molecule has 1 aromatic heterocycles. The van der Waals surface area contributed by atoms with E-state index in [9.17, 15) is 8.78 Å². The Hall–Kier alpha value is -1.33. The molecule has 1 unspecified atom stereocenters. The number of rotatable bonds is 5. The second-order valence-corrected chi connectivity index (χ2v) is 5.63. The molecule has 6 heteroatoms. The van der Waals surface area contributed by atoms with Gasteiger partial charge < -0.3 is 10.1 Å². The summed E-state index contributed by atoms with van der Waals surface area (Å²) < 4.78 is 29.8. The largest absolute Gasteiger partial charge is 0.433 e. The fraction of sp³-hybridized carbons (Fsp3) is 0.231. The predicted molar refractivity (Wildman–Crippen MR) is 74.4 cm³/mol. The molecule has 2 aromatic rings. The van der Waals surface area contributed by atoms with E-state index in [-0.39, 0.29) is 11.8 Å². The molecule has 0 amide bonds. The minimum atomic E-state index is -2.84. The zero-order valence-corrected chi connectivity index (χ0v) is 11.6. The second kappa shape index (κ2) is 6.21. The van der Waals surface area contributed by atoms with Gasteiger partial charge in [0.1, 0.15) is 5.75 Å². The van der Waals surface area contributed by atoms with Gasteiger partial charge in [-0.15, -0.1) is 11.3 Å². The highest BCUT2D eigenvalue weighted by Gasteiger charge is 2.13. The van der Waals surface area contributed by atoms with Crippen LogP contribution < -0.4 is 10.1 Å². The Morgan fingerprint density at radius 1 is 1.21 bits per heavy atom. The van der Waals surface area contributed by atoms with E-state index in [0.717, 1.165) is 4.88 Å². The van der Waals surface area contributed by atoms with Crippen LogP contribution in [0.5, 0.6) is 5.75 Å². The van der Waals surface area contributed by atoms with Crippen LogP contribution in [0, 0.1) is 0 Å². The minimum Gasteiger partial charge on any atom is -0.433 e. The number of anilines is 1. The maximum absolute atomic E-state index is 12.3. The Morgan fingerprint density at radius 2 is 1.95 bits per heavy atom. The van der Waals surface area contributed by atoms with Crippen LogP contribution in [0.3, 0.4) is 0 Å². The number of alkyl halides is 2. The van der Waals surface area contributed by atoms with Crippen LogP contribution in [-0.2, 0) is 0 Å². The molecule has 0 aliphatic carbocycles. The van der Waals surface area contributed by atoms with Gasteiger partial charge in [0.25, 0.3) is 0 Å². The van der Waals surface area contributed by atoms with Crippen molar-refractivity contribution in [3.05, 3.63) is 45.6 Å². The van der Waals surface area contributed by atoms with Crippen molar-refractivity contribution in [2.75, 3.05) is 5.32 Å². The summed E-state index contributed by atoms with van der Waals surface area (Å²) in [4.78, 5) is 1.02. The van der Waals surface area contributed by atoms with E-state index >= 15 is 0 Å². The standard InChI is InChI=1S/C13H12ClF2NOS/c1-8(11-6-7-12(14)19-11)17-9-4-2-3-5-10(9)18-13(15)16/h2-8,13,17H,1H3. The molecule has 0 aliphatic rings. The van der Waals surface area contributed by atoms with Gasteiger partial charge in [0, 0.05) is 4.88 Å². The first-order valence-electron chi connectivity index (χ1n) is 5.62. The summed E-state index contributed by atoms with van der Waals surface area (Å²) in [5.74, 6) is 0.131. The Morgan fingerprint density at radius 3 is 2.58 bits per heavy atom. The zero-order chi connectivity index (χ0) is 13.8. The van der Waals surface area contributed by atoms with E-state index < -0.39 is 6.61 Å². The van der Waals surface area contributed by atoms with E-state index in [1.807, 2.05) is 13.0 Å². The van der Waals surface area contributed by atoms with E-state index in [0.29, 0.717) is 10.0 Å². The summed E-state index contributed by atoms with van der Waals surface area (Å²) in [6.45, 7) is -0.907. The molecule has 1 N–H and O–H groups in total. The van der Waals surface area contributed by atoms with Gasteiger partial charge in [0.2, 0.25) is 0 Å². The number of hydrogen-bond acceptors (Lipinski definition) is 3. The SMILES string of the molecule is CC(Nc1ccccc1OC(F)F)c1ccc(Cl)s1. The second-order valence-electron chi connectivity index (χ2n) is 3.88. The lowest BCUT2D eigenvalue weighted by Gasteiger charge is -2.17. The highest BCUT2D eigenvalue weighted by molar-refractivity contribution is 7.16. The lowest BCUT2D eigenvalue weighted by atomic mass is 10.2. The molecule has 0 spiro atoms. The lowest BCUT2D eigenvalue weighted by molar-refractivity contribution is -0.0493. The number of hydrogen-bond donors (Lipinski definition) is 1. The van der Waals surface area contributed by atoms with Gasteiger partial charge in [-0.2, -0.15) is 8.78 Å². The van der Waals surface area contributed by atoms with Crippen molar-refractivity contribution in [2.24, 2.45) is 0 Å². The summed E-state index contributed by atoms with van der Waals surface area (Å²) in [6.07, 6.45) is 0. The Bertz CT molecular complexity index is 547. The summed E-state index contributed by atoms with van der Waals surface area (Å²) in [5.41, 5.74) is 0.528. The molecule has 0 fully saturated rings. The van der Waals surface area contributed by atoms with Crippen LogP contribution in [0.15, 0.2) is 36.4 Å². The maximum Gasteiger partial charge on any atom is 0.387 e. The molecular weight excluding hydrogens is 292 g/mol.